The molecule has 2 aromatic carbocycles. The molecular weight excluding hydrogens is 437 g/mol. The zero-order valence-corrected chi connectivity index (χ0v) is 17.7. The first-order valence-electron chi connectivity index (χ1n) is 8.81. The molecule has 1 heterocycles. The second kappa shape index (κ2) is 11.7. The average molecular weight is 457 g/mol. The van der Waals surface area contributed by atoms with Crippen LogP contribution in [0.5, 0.6) is 0 Å². The molecule has 1 aromatic heterocycles. The van der Waals surface area contributed by atoms with Gasteiger partial charge in [-0.2, -0.15) is 0 Å². The molecule has 1 N–H and O–H groups in total. The van der Waals surface area contributed by atoms with E-state index < -0.39 is 5.09 Å². The van der Waals surface area contributed by atoms with E-state index in [2.05, 4.69) is 27.8 Å². The Hall–Kier alpha value is -2.28. The van der Waals surface area contributed by atoms with Crippen molar-refractivity contribution in [2.45, 2.75) is 25.8 Å². The molecule has 0 fully saturated rings. The molecule has 6 nitrogen and oxygen atoms in total. The minimum atomic E-state index is -1.50. The molecule has 0 aliphatic heterocycles. The maximum atomic E-state index is 8.36. The lowest BCUT2D eigenvalue weighted by Crippen LogP contribution is -2.14. The summed E-state index contributed by atoms with van der Waals surface area (Å²) in [6.45, 7) is 0.924. The molecule has 9 heteroatoms. The fourth-order valence-corrected chi connectivity index (χ4v) is 3.42. The number of aryl methyl sites for hydroxylation is 1. The molecule has 1 unspecified atom stereocenters. The highest BCUT2D eigenvalue weighted by Crippen LogP contribution is 2.25. The molecule has 0 amide bonds. The van der Waals surface area contributed by atoms with E-state index in [9.17, 15) is 0 Å². The highest BCUT2D eigenvalue weighted by molar-refractivity contribution is 6.42. The molecule has 0 spiro atoms. The minimum absolute atomic E-state index is 0.474. The van der Waals surface area contributed by atoms with Crippen LogP contribution in [0.15, 0.2) is 61.2 Å². The molecule has 0 saturated carbocycles. The zero-order chi connectivity index (χ0) is 21.2. The van der Waals surface area contributed by atoms with E-state index in [4.69, 9.17) is 50.1 Å². The lowest BCUT2D eigenvalue weighted by Gasteiger charge is -2.18. The van der Waals surface area contributed by atoms with Crippen LogP contribution >= 0.6 is 34.8 Å². The van der Waals surface area contributed by atoms with Crippen LogP contribution in [0.1, 0.15) is 17.5 Å². The highest BCUT2D eigenvalue weighted by Gasteiger charge is 2.12. The van der Waals surface area contributed by atoms with Gasteiger partial charge in [0.2, 0.25) is 0 Å². The molecule has 0 aliphatic rings. The van der Waals surface area contributed by atoms with Gasteiger partial charge in [-0.1, -0.05) is 53.0 Å². The van der Waals surface area contributed by atoms with Gasteiger partial charge < -0.3 is 9.77 Å². The van der Waals surface area contributed by atoms with Crippen molar-refractivity contribution < 1.29 is 10.3 Å². The Morgan fingerprint density at radius 2 is 1.72 bits per heavy atom. The van der Waals surface area contributed by atoms with Crippen molar-refractivity contribution in [2.24, 2.45) is 5.92 Å². The molecule has 0 bridgehead atoms. The SMILES string of the molecule is Clc1ccc(CCC(Cc2ccc(Cl)c(Cl)c2)Cn2ccnc2)cc1.O=[N+]([O-])O. The quantitative estimate of drug-likeness (QED) is 0.350. The van der Waals surface area contributed by atoms with Crippen LogP contribution in [-0.2, 0) is 19.4 Å². The summed E-state index contributed by atoms with van der Waals surface area (Å²) in [5.41, 5.74) is 2.50. The third-order valence-electron chi connectivity index (χ3n) is 4.29. The Kier molecular flexibility index (Phi) is 9.25. The predicted octanol–water partition coefficient (Wildman–Crippen LogP) is 5.99. The van der Waals surface area contributed by atoms with Gasteiger partial charge in [0.05, 0.1) is 16.4 Å². The summed E-state index contributed by atoms with van der Waals surface area (Å²) in [4.78, 5) is 12.5. The Balaban J connectivity index is 0.000000687. The molecule has 1 atom stereocenters. The predicted molar refractivity (Wildman–Crippen MR) is 114 cm³/mol. The van der Waals surface area contributed by atoms with Gasteiger partial charge in [-0.05, 0) is 60.6 Å². The Bertz CT molecular complexity index is 899. The van der Waals surface area contributed by atoms with Gasteiger partial charge in [-0.25, -0.2) is 4.98 Å². The smallest absolute Gasteiger partial charge is 0.291 e. The van der Waals surface area contributed by atoms with Crippen molar-refractivity contribution in [1.29, 1.82) is 0 Å². The van der Waals surface area contributed by atoms with Gasteiger partial charge in [0.15, 0.2) is 0 Å². The van der Waals surface area contributed by atoms with Crippen LogP contribution in [0.3, 0.4) is 0 Å². The lowest BCUT2D eigenvalue weighted by molar-refractivity contribution is -0.742. The van der Waals surface area contributed by atoms with Crippen LogP contribution in [0, 0.1) is 16.0 Å². The molecule has 3 rings (SSSR count). The second-order valence-corrected chi connectivity index (χ2v) is 7.73. The molecule has 3 aromatic rings. The van der Waals surface area contributed by atoms with E-state index in [1.54, 1.807) is 0 Å². The summed E-state index contributed by atoms with van der Waals surface area (Å²) in [6, 6.07) is 14.0. The Morgan fingerprint density at radius 3 is 2.31 bits per heavy atom. The monoisotopic (exact) mass is 455 g/mol. The topological polar surface area (TPSA) is 81.2 Å². The summed E-state index contributed by atoms with van der Waals surface area (Å²) in [5, 5.41) is 15.6. The van der Waals surface area contributed by atoms with E-state index in [1.165, 1.54) is 11.1 Å². The molecule has 0 radical (unpaired) electrons. The summed E-state index contributed by atoms with van der Waals surface area (Å²) in [5.74, 6) is 0.474. The maximum Gasteiger partial charge on any atom is 0.291 e. The molecule has 154 valence electrons. The molecule has 0 saturated heterocycles. The molecular formula is C20H20Cl3N3O3. The number of hydrogen-bond acceptors (Lipinski definition) is 3. The summed E-state index contributed by atoms with van der Waals surface area (Å²) < 4.78 is 2.13. The van der Waals surface area contributed by atoms with Crippen LogP contribution < -0.4 is 0 Å². The first-order valence-corrected chi connectivity index (χ1v) is 9.94. The highest BCUT2D eigenvalue weighted by atomic mass is 35.5. The number of rotatable bonds is 7. The van der Waals surface area contributed by atoms with Gasteiger partial charge in [-0.3, -0.25) is 0 Å². The van der Waals surface area contributed by atoms with E-state index in [1.807, 2.05) is 43.0 Å². The van der Waals surface area contributed by atoms with Crippen molar-refractivity contribution in [3.05, 3.63) is 97.5 Å². The van der Waals surface area contributed by atoms with Crippen LogP contribution in [0.25, 0.3) is 0 Å². The number of halogens is 3. The van der Waals surface area contributed by atoms with E-state index in [0.717, 1.165) is 30.8 Å². The fourth-order valence-electron chi connectivity index (χ4n) is 2.97. The van der Waals surface area contributed by atoms with Crippen molar-refractivity contribution in [3.8, 4) is 0 Å². The van der Waals surface area contributed by atoms with Gasteiger partial charge in [-0.15, -0.1) is 10.1 Å². The summed E-state index contributed by atoms with van der Waals surface area (Å²) in [6.07, 6.45) is 8.71. The van der Waals surface area contributed by atoms with Crippen molar-refractivity contribution in [1.82, 2.24) is 9.55 Å². The Morgan fingerprint density at radius 1 is 1.07 bits per heavy atom. The molecule has 29 heavy (non-hydrogen) atoms. The van der Waals surface area contributed by atoms with Gasteiger partial charge in [0, 0.05) is 24.0 Å². The Labute approximate surface area is 183 Å². The van der Waals surface area contributed by atoms with Gasteiger partial charge in [0.25, 0.3) is 5.09 Å². The summed E-state index contributed by atoms with van der Waals surface area (Å²) in [7, 11) is 0. The average Bonchev–Trinajstić information content (AvgIpc) is 3.17. The minimum Gasteiger partial charge on any atom is -0.337 e. The fraction of sp³-hybridized carbons (Fsp3) is 0.250. The number of imidazole rings is 1. The van der Waals surface area contributed by atoms with Crippen LogP contribution in [-0.4, -0.2) is 19.8 Å². The number of benzene rings is 2. The first kappa shape index (κ1) is 23.0. The van der Waals surface area contributed by atoms with Crippen molar-refractivity contribution in [3.63, 3.8) is 0 Å². The third kappa shape index (κ3) is 8.73. The largest absolute Gasteiger partial charge is 0.337 e. The van der Waals surface area contributed by atoms with Crippen molar-refractivity contribution in [2.75, 3.05) is 0 Å². The lowest BCUT2D eigenvalue weighted by atomic mass is 9.92. The van der Waals surface area contributed by atoms with Crippen LogP contribution in [0.2, 0.25) is 15.1 Å². The molecule has 0 aliphatic carbocycles. The number of aromatic nitrogens is 2. The van der Waals surface area contributed by atoms with Gasteiger partial charge in [0.1, 0.15) is 0 Å². The normalized spacial score (nSPS) is 11.4. The zero-order valence-electron chi connectivity index (χ0n) is 15.4. The maximum absolute atomic E-state index is 8.36. The van der Waals surface area contributed by atoms with Crippen LogP contribution in [0.4, 0.5) is 0 Å². The number of hydrogen-bond donors (Lipinski definition) is 1. The first-order chi connectivity index (χ1) is 13.8. The van der Waals surface area contributed by atoms with Crippen molar-refractivity contribution >= 4 is 34.8 Å². The van der Waals surface area contributed by atoms with E-state index in [0.29, 0.717) is 16.0 Å². The third-order valence-corrected chi connectivity index (χ3v) is 5.28. The van der Waals surface area contributed by atoms with Gasteiger partial charge >= 0.3 is 0 Å². The standard InChI is InChI=1S/C20H19Cl3N2.HNO3/c21-18-6-3-15(4-7-18)1-2-17(13-25-10-9-24-14-25)11-16-5-8-19(22)20(23)12-16;2-1(3)4/h3-10,12,14,17H,1-2,11,13H2;(H,2,3,4). The summed E-state index contributed by atoms with van der Waals surface area (Å²) >= 11 is 18.2. The van der Waals surface area contributed by atoms with E-state index in [-0.39, 0.29) is 0 Å². The van der Waals surface area contributed by atoms with E-state index >= 15 is 0 Å². The second-order valence-electron chi connectivity index (χ2n) is 6.48. The number of nitrogens with zero attached hydrogens (tertiary/aromatic N) is 3.